The van der Waals surface area contributed by atoms with Gasteiger partial charge in [0.25, 0.3) is 0 Å². The molecule has 2 nitrogen and oxygen atoms in total. The van der Waals surface area contributed by atoms with Crippen molar-refractivity contribution in [2.75, 3.05) is 0 Å². The molecule has 1 aromatic carbocycles. The molecule has 0 amide bonds. The molecule has 0 saturated carbocycles. The van der Waals surface area contributed by atoms with Crippen LogP contribution in [-0.2, 0) is 11.3 Å². The molecule has 0 spiro atoms. The summed E-state index contributed by atoms with van der Waals surface area (Å²) in [5, 5.41) is 0. The van der Waals surface area contributed by atoms with Gasteiger partial charge in [0.2, 0.25) is 0 Å². The number of benzene rings is 1. The van der Waals surface area contributed by atoms with E-state index in [1.165, 1.54) is 18.4 Å². The molecule has 16 heavy (non-hydrogen) atoms. The molecule has 1 aromatic rings. The predicted octanol–water partition coefficient (Wildman–Crippen LogP) is 2.38. The monoisotopic (exact) mass is 215 g/mol. The second-order valence-electron chi connectivity index (χ2n) is 4.99. The Morgan fingerprint density at radius 3 is 2.31 bits per heavy atom. The van der Waals surface area contributed by atoms with Crippen molar-refractivity contribution in [3.63, 3.8) is 0 Å². The third kappa shape index (κ3) is 1.78. The van der Waals surface area contributed by atoms with Gasteiger partial charge in [-0.3, -0.25) is 9.69 Å². The van der Waals surface area contributed by atoms with Crippen LogP contribution in [0.1, 0.15) is 31.2 Å². The van der Waals surface area contributed by atoms with Crippen LogP contribution < -0.4 is 0 Å². The number of ketones is 1. The van der Waals surface area contributed by atoms with Crippen LogP contribution in [0.25, 0.3) is 0 Å². The summed E-state index contributed by atoms with van der Waals surface area (Å²) in [6, 6.07) is 11.6. The zero-order chi connectivity index (χ0) is 11.0. The average molecular weight is 215 g/mol. The largest absolute Gasteiger partial charge is 0.300 e. The molecule has 2 saturated heterocycles. The van der Waals surface area contributed by atoms with Crippen LogP contribution >= 0.6 is 0 Å². The molecule has 0 N–H and O–H groups in total. The standard InChI is InChI=1S/C14H17NO/c16-14-8-12-6-7-13(9-14)15(12)10-11-4-2-1-3-5-11/h1-5,12-13H,6-10H2/t12-,13-/m0/s1. The fourth-order valence-electron chi connectivity index (χ4n) is 3.11. The summed E-state index contributed by atoms with van der Waals surface area (Å²) in [6.45, 7) is 1.02. The molecule has 84 valence electrons. The van der Waals surface area contributed by atoms with Gasteiger partial charge in [-0.25, -0.2) is 0 Å². The quantitative estimate of drug-likeness (QED) is 0.755. The number of hydrogen-bond donors (Lipinski definition) is 0. The highest BCUT2D eigenvalue weighted by Crippen LogP contribution is 2.34. The van der Waals surface area contributed by atoms with Crippen molar-refractivity contribution in [3.05, 3.63) is 35.9 Å². The maximum absolute atomic E-state index is 11.5. The van der Waals surface area contributed by atoms with Crippen LogP contribution in [-0.4, -0.2) is 22.8 Å². The predicted molar refractivity (Wildman–Crippen MR) is 63.0 cm³/mol. The number of rotatable bonds is 2. The maximum atomic E-state index is 11.5. The number of fused-ring (bicyclic) bond motifs is 2. The van der Waals surface area contributed by atoms with E-state index in [9.17, 15) is 4.79 Å². The summed E-state index contributed by atoms with van der Waals surface area (Å²) in [4.78, 5) is 14.0. The molecule has 2 aliphatic rings. The Labute approximate surface area is 96.3 Å². The highest BCUT2D eigenvalue weighted by molar-refractivity contribution is 5.80. The molecule has 0 radical (unpaired) electrons. The molecule has 2 bridgehead atoms. The second-order valence-corrected chi connectivity index (χ2v) is 4.99. The number of piperidine rings is 1. The Bertz CT molecular complexity index is 371. The number of nitrogens with zero attached hydrogens (tertiary/aromatic N) is 1. The van der Waals surface area contributed by atoms with Crippen LogP contribution in [0, 0.1) is 0 Å². The lowest BCUT2D eigenvalue weighted by atomic mass is 10.0. The molecule has 2 heterocycles. The third-order valence-corrected chi connectivity index (χ3v) is 3.91. The Hall–Kier alpha value is -1.15. The zero-order valence-electron chi connectivity index (χ0n) is 9.43. The van der Waals surface area contributed by atoms with E-state index >= 15 is 0 Å². The van der Waals surface area contributed by atoms with Crippen LogP contribution in [0.5, 0.6) is 0 Å². The van der Waals surface area contributed by atoms with Crippen molar-refractivity contribution in [1.82, 2.24) is 4.90 Å². The summed E-state index contributed by atoms with van der Waals surface area (Å²) in [5.74, 6) is 0.469. The Kier molecular flexibility index (Phi) is 2.52. The van der Waals surface area contributed by atoms with E-state index in [4.69, 9.17) is 0 Å². The van der Waals surface area contributed by atoms with Gasteiger partial charge in [-0.05, 0) is 18.4 Å². The average Bonchev–Trinajstić information content (AvgIpc) is 2.54. The zero-order valence-corrected chi connectivity index (χ0v) is 9.43. The van der Waals surface area contributed by atoms with Gasteiger partial charge in [0.15, 0.2) is 0 Å². The molecule has 0 aliphatic carbocycles. The molecule has 3 rings (SSSR count). The normalized spacial score (nSPS) is 29.6. The fourth-order valence-corrected chi connectivity index (χ4v) is 3.11. The van der Waals surface area contributed by atoms with Gasteiger partial charge in [0.05, 0.1) is 0 Å². The summed E-state index contributed by atoms with van der Waals surface area (Å²) >= 11 is 0. The van der Waals surface area contributed by atoms with Gasteiger partial charge < -0.3 is 0 Å². The minimum Gasteiger partial charge on any atom is -0.300 e. The van der Waals surface area contributed by atoms with E-state index < -0.39 is 0 Å². The van der Waals surface area contributed by atoms with E-state index in [1.807, 2.05) is 0 Å². The lowest BCUT2D eigenvalue weighted by Gasteiger charge is -2.33. The van der Waals surface area contributed by atoms with Crippen LogP contribution in [0.15, 0.2) is 30.3 Å². The Morgan fingerprint density at radius 1 is 1.06 bits per heavy atom. The molecule has 2 aliphatic heterocycles. The van der Waals surface area contributed by atoms with Gasteiger partial charge in [-0.15, -0.1) is 0 Å². The number of Topliss-reactive ketones (excluding diaryl/α,β-unsaturated/α-hetero) is 1. The first-order valence-electron chi connectivity index (χ1n) is 6.14. The molecule has 2 fully saturated rings. The highest BCUT2D eigenvalue weighted by Gasteiger charge is 2.39. The summed E-state index contributed by atoms with van der Waals surface area (Å²) < 4.78 is 0. The van der Waals surface area contributed by atoms with Gasteiger partial charge in [-0.2, -0.15) is 0 Å². The first kappa shape index (κ1) is 10.0. The minimum atomic E-state index is 0.469. The molecular weight excluding hydrogens is 198 g/mol. The molecule has 0 unspecified atom stereocenters. The van der Waals surface area contributed by atoms with E-state index in [1.54, 1.807) is 0 Å². The lowest BCUT2D eigenvalue weighted by molar-refractivity contribution is -0.123. The van der Waals surface area contributed by atoms with Crippen molar-refractivity contribution in [1.29, 1.82) is 0 Å². The summed E-state index contributed by atoms with van der Waals surface area (Å²) in [6.07, 6.45) is 3.99. The Morgan fingerprint density at radius 2 is 1.69 bits per heavy atom. The fraction of sp³-hybridized carbons (Fsp3) is 0.500. The van der Waals surface area contributed by atoms with Gasteiger partial charge in [0.1, 0.15) is 5.78 Å². The van der Waals surface area contributed by atoms with E-state index in [0.29, 0.717) is 17.9 Å². The number of carbonyl (C=O) groups is 1. The first-order valence-corrected chi connectivity index (χ1v) is 6.14. The van der Waals surface area contributed by atoms with Crippen LogP contribution in [0.4, 0.5) is 0 Å². The topological polar surface area (TPSA) is 20.3 Å². The van der Waals surface area contributed by atoms with Crippen molar-refractivity contribution in [2.45, 2.75) is 44.3 Å². The highest BCUT2D eigenvalue weighted by atomic mass is 16.1. The van der Waals surface area contributed by atoms with E-state index in [0.717, 1.165) is 19.4 Å². The summed E-state index contributed by atoms with van der Waals surface area (Å²) in [5.41, 5.74) is 1.37. The van der Waals surface area contributed by atoms with Gasteiger partial charge in [0, 0.05) is 31.5 Å². The second kappa shape index (κ2) is 4.02. The lowest BCUT2D eigenvalue weighted by Crippen LogP contribution is -2.42. The summed E-state index contributed by atoms with van der Waals surface area (Å²) in [7, 11) is 0. The van der Waals surface area contributed by atoms with Crippen molar-refractivity contribution in [3.8, 4) is 0 Å². The Balaban J connectivity index is 1.75. The van der Waals surface area contributed by atoms with E-state index in [2.05, 4.69) is 35.2 Å². The van der Waals surface area contributed by atoms with Gasteiger partial charge >= 0.3 is 0 Å². The smallest absolute Gasteiger partial charge is 0.136 e. The van der Waals surface area contributed by atoms with Crippen LogP contribution in [0.3, 0.4) is 0 Å². The molecule has 2 atom stereocenters. The van der Waals surface area contributed by atoms with Crippen molar-refractivity contribution in [2.24, 2.45) is 0 Å². The SMILES string of the molecule is O=C1C[C@@H]2CC[C@@H](C1)N2Cc1ccccc1. The molecule has 0 aromatic heterocycles. The van der Waals surface area contributed by atoms with Crippen LogP contribution in [0.2, 0.25) is 0 Å². The molecular formula is C14H17NO. The number of carbonyl (C=O) groups excluding carboxylic acids is 1. The van der Waals surface area contributed by atoms with Crippen molar-refractivity contribution < 1.29 is 4.79 Å². The first-order chi connectivity index (χ1) is 7.83. The minimum absolute atomic E-state index is 0.469. The molecule has 2 heteroatoms. The third-order valence-electron chi connectivity index (χ3n) is 3.91. The van der Waals surface area contributed by atoms with Crippen molar-refractivity contribution >= 4 is 5.78 Å². The van der Waals surface area contributed by atoms with Gasteiger partial charge in [-0.1, -0.05) is 30.3 Å². The maximum Gasteiger partial charge on any atom is 0.136 e. The van der Waals surface area contributed by atoms with E-state index in [-0.39, 0.29) is 0 Å². The number of hydrogen-bond acceptors (Lipinski definition) is 2.